The zero-order valence-electron chi connectivity index (χ0n) is 17.0. The van der Waals surface area contributed by atoms with Crippen LogP contribution in [-0.4, -0.2) is 62.0 Å². The lowest BCUT2D eigenvalue weighted by Gasteiger charge is -2.30. The van der Waals surface area contributed by atoms with Gasteiger partial charge in [0.15, 0.2) is 5.54 Å². The monoisotopic (exact) mass is 401 g/mol. The highest BCUT2D eigenvalue weighted by Gasteiger charge is 2.44. The second-order valence-corrected chi connectivity index (χ2v) is 7.35. The maximum Gasteiger partial charge on any atom is 0.328 e. The number of aliphatic hydroxyl groups excluding tert-OH is 4. The predicted octanol–water partition coefficient (Wildman–Crippen LogP) is 1.88. The molecule has 0 aromatic carbocycles. The highest BCUT2D eigenvalue weighted by atomic mass is 16.4. The summed E-state index contributed by atoms with van der Waals surface area (Å²) in [5, 5.41) is 47.6. The van der Waals surface area contributed by atoms with Crippen LogP contribution in [0.1, 0.15) is 71.1 Å². The number of carboxylic acids is 1. The molecule has 0 saturated heterocycles. The fraction of sp³-hybridized carbons (Fsp3) is 0.762. The Morgan fingerprint density at radius 2 is 1.64 bits per heavy atom. The van der Waals surface area contributed by atoms with Crippen molar-refractivity contribution in [2.45, 2.75) is 95.0 Å². The third kappa shape index (κ3) is 10.9. The number of carboxylic acid groups (broad SMARTS) is 1. The number of carbonyl (C=O) groups is 1. The Morgan fingerprint density at radius 3 is 2.21 bits per heavy atom. The zero-order valence-corrected chi connectivity index (χ0v) is 17.0. The van der Waals surface area contributed by atoms with Crippen molar-refractivity contribution < 1.29 is 30.3 Å². The summed E-state index contributed by atoms with van der Waals surface area (Å²) in [4.78, 5) is 11.0. The molecule has 0 radical (unpaired) electrons. The molecular formula is C21H39NO6. The third-order valence-corrected chi connectivity index (χ3v) is 4.80. The zero-order chi connectivity index (χ0) is 21.4. The normalized spacial score (nSPS) is 17.6. The molecule has 0 aromatic heterocycles. The Kier molecular flexibility index (Phi) is 14.9. The van der Waals surface area contributed by atoms with E-state index in [9.17, 15) is 20.1 Å². The maximum atomic E-state index is 11.0. The van der Waals surface area contributed by atoms with Gasteiger partial charge in [0.1, 0.15) is 6.10 Å². The largest absolute Gasteiger partial charge is 0.480 e. The molecule has 0 aliphatic heterocycles. The van der Waals surface area contributed by atoms with E-state index >= 15 is 0 Å². The van der Waals surface area contributed by atoms with Gasteiger partial charge in [0, 0.05) is 0 Å². The lowest BCUT2D eigenvalue weighted by Crippen LogP contribution is -2.63. The Balaban J connectivity index is 3.90. The van der Waals surface area contributed by atoms with Crippen molar-refractivity contribution in [1.29, 1.82) is 0 Å². The molecule has 0 bridgehead atoms. The molecule has 0 heterocycles. The third-order valence-electron chi connectivity index (χ3n) is 4.80. The van der Waals surface area contributed by atoms with Crippen molar-refractivity contribution in [2.75, 3.05) is 6.61 Å². The average molecular weight is 402 g/mol. The molecule has 0 fully saturated rings. The minimum Gasteiger partial charge on any atom is -0.480 e. The second-order valence-electron chi connectivity index (χ2n) is 7.35. The fourth-order valence-corrected chi connectivity index (χ4v) is 2.77. The minimum atomic E-state index is -2.28. The van der Waals surface area contributed by atoms with Gasteiger partial charge in [-0.3, -0.25) is 4.79 Å². The summed E-state index contributed by atoms with van der Waals surface area (Å²) in [5.41, 5.74) is 3.16. The molecule has 4 atom stereocenters. The molecule has 0 amide bonds. The summed E-state index contributed by atoms with van der Waals surface area (Å²) in [7, 11) is 0. The van der Waals surface area contributed by atoms with E-state index in [1.165, 1.54) is 19.3 Å². The molecule has 164 valence electrons. The number of nitrogens with two attached hydrogens (primary N) is 1. The predicted molar refractivity (Wildman–Crippen MR) is 110 cm³/mol. The summed E-state index contributed by atoms with van der Waals surface area (Å²) in [6, 6.07) is 0. The Labute approximate surface area is 168 Å². The molecular weight excluding hydrogens is 362 g/mol. The van der Waals surface area contributed by atoms with Crippen LogP contribution in [0.5, 0.6) is 0 Å². The van der Waals surface area contributed by atoms with Crippen molar-refractivity contribution in [3.05, 3.63) is 24.3 Å². The van der Waals surface area contributed by atoms with Crippen LogP contribution in [0.4, 0.5) is 0 Å². The van der Waals surface area contributed by atoms with Gasteiger partial charge in [0.2, 0.25) is 0 Å². The van der Waals surface area contributed by atoms with Gasteiger partial charge in [-0.1, -0.05) is 56.9 Å². The van der Waals surface area contributed by atoms with E-state index in [0.717, 1.165) is 38.5 Å². The van der Waals surface area contributed by atoms with Gasteiger partial charge in [0.25, 0.3) is 0 Å². The molecule has 7 heteroatoms. The number of aliphatic carboxylic acids is 1. The van der Waals surface area contributed by atoms with Crippen LogP contribution in [-0.2, 0) is 4.79 Å². The van der Waals surface area contributed by atoms with Crippen molar-refractivity contribution >= 4 is 5.97 Å². The summed E-state index contributed by atoms with van der Waals surface area (Å²) >= 11 is 0. The SMILES string of the molecule is CCCCCC[C@@H](O)C=CCCCCC=CC[C@@H](O)[C@H](O)[C@@](N)(CO)C(=O)O. The molecule has 0 rings (SSSR count). The Bertz CT molecular complexity index is 468. The highest BCUT2D eigenvalue weighted by molar-refractivity contribution is 5.79. The van der Waals surface area contributed by atoms with Gasteiger partial charge in [-0.15, -0.1) is 0 Å². The molecule has 28 heavy (non-hydrogen) atoms. The van der Waals surface area contributed by atoms with E-state index in [-0.39, 0.29) is 12.5 Å². The lowest BCUT2D eigenvalue weighted by molar-refractivity contribution is -0.154. The van der Waals surface area contributed by atoms with Crippen LogP contribution in [0, 0.1) is 0 Å². The van der Waals surface area contributed by atoms with E-state index in [1.807, 2.05) is 18.2 Å². The molecule has 0 unspecified atom stereocenters. The second kappa shape index (κ2) is 15.6. The van der Waals surface area contributed by atoms with Crippen molar-refractivity contribution in [3.8, 4) is 0 Å². The maximum absolute atomic E-state index is 11.0. The highest BCUT2D eigenvalue weighted by Crippen LogP contribution is 2.14. The number of hydrogen-bond donors (Lipinski definition) is 6. The van der Waals surface area contributed by atoms with Crippen LogP contribution in [0.25, 0.3) is 0 Å². The smallest absolute Gasteiger partial charge is 0.328 e. The molecule has 0 aromatic rings. The number of unbranched alkanes of at least 4 members (excludes halogenated alkanes) is 6. The van der Waals surface area contributed by atoms with Crippen LogP contribution < -0.4 is 5.73 Å². The standard InChI is InChI=1S/C21H39NO6/c1-2-3-4-10-13-17(24)14-11-8-6-5-7-9-12-15-18(25)19(26)21(22,16-23)20(27)28/h9,11-12,14,17-19,23-26H,2-8,10,13,15-16,22H2,1H3,(H,27,28)/t17-,18-,19+,21+/m1/s1. The molecule has 0 saturated carbocycles. The summed E-state index contributed by atoms with van der Waals surface area (Å²) < 4.78 is 0. The van der Waals surface area contributed by atoms with Gasteiger partial charge in [0.05, 0.1) is 18.8 Å². The number of hydrogen-bond acceptors (Lipinski definition) is 6. The molecule has 0 aliphatic carbocycles. The van der Waals surface area contributed by atoms with Crippen LogP contribution in [0.15, 0.2) is 24.3 Å². The fourth-order valence-electron chi connectivity index (χ4n) is 2.77. The summed E-state index contributed by atoms with van der Waals surface area (Å²) in [6.45, 7) is 1.20. The first-order valence-electron chi connectivity index (χ1n) is 10.3. The summed E-state index contributed by atoms with van der Waals surface area (Å²) in [6.07, 6.45) is 13.0. The van der Waals surface area contributed by atoms with Gasteiger partial charge in [-0.2, -0.15) is 0 Å². The van der Waals surface area contributed by atoms with Crippen LogP contribution in [0.3, 0.4) is 0 Å². The van der Waals surface area contributed by atoms with Crippen molar-refractivity contribution in [2.24, 2.45) is 5.73 Å². The van der Waals surface area contributed by atoms with E-state index in [1.54, 1.807) is 6.08 Å². The van der Waals surface area contributed by atoms with Crippen molar-refractivity contribution in [1.82, 2.24) is 0 Å². The topological polar surface area (TPSA) is 144 Å². The Morgan fingerprint density at radius 1 is 1.00 bits per heavy atom. The molecule has 0 aliphatic rings. The van der Waals surface area contributed by atoms with Gasteiger partial charge >= 0.3 is 5.97 Å². The number of rotatable bonds is 17. The minimum absolute atomic E-state index is 0.0531. The first-order chi connectivity index (χ1) is 13.3. The van der Waals surface area contributed by atoms with Crippen molar-refractivity contribution in [3.63, 3.8) is 0 Å². The quantitative estimate of drug-likeness (QED) is 0.161. The average Bonchev–Trinajstić information content (AvgIpc) is 2.68. The molecule has 0 spiro atoms. The van der Waals surface area contributed by atoms with E-state index < -0.39 is 30.3 Å². The van der Waals surface area contributed by atoms with Gasteiger partial charge < -0.3 is 31.3 Å². The van der Waals surface area contributed by atoms with Gasteiger partial charge in [-0.25, -0.2) is 0 Å². The van der Waals surface area contributed by atoms with Crippen LogP contribution in [0.2, 0.25) is 0 Å². The Hall–Kier alpha value is -1.25. The van der Waals surface area contributed by atoms with E-state index in [4.69, 9.17) is 15.9 Å². The first kappa shape index (κ1) is 26.8. The number of aliphatic hydroxyl groups is 4. The molecule has 7 N–H and O–H groups in total. The first-order valence-corrected chi connectivity index (χ1v) is 10.3. The van der Waals surface area contributed by atoms with E-state index in [2.05, 4.69) is 6.92 Å². The lowest BCUT2D eigenvalue weighted by atomic mass is 9.89. The number of allylic oxidation sites excluding steroid dienone is 2. The van der Waals surface area contributed by atoms with Crippen LogP contribution >= 0.6 is 0 Å². The molecule has 7 nitrogen and oxygen atoms in total. The van der Waals surface area contributed by atoms with Gasteiger partial charge in [-0.05, 0) is 38.5 Å². The summed E-state index contributed by atoms with van der Waals surface area (Å²) in [5.74, 6) is -1.57. The van der Waals surface area contributed by atoms with E-state index in [0.29, 0.717) is 0 Å².